The second kappa shape index (κ2) is 13.8. The molecule has 146 valence electrons. The van der Waals surface area contributed by atoms with E-state index in [0.717, 1.165) is 30.7 Å². The van der Waals surface area contributed by atoms with Gasteiger partial charge in [0.05, 0.1) is 18.4 Å². The summed E-state index contributed by atoms with van der Waals surface area (Å²) in [6.07, 6.45) is 6.13. The average Bonchev–Trinajstić information content (AvgIpc) is 3.07. The standard InChI is InChI=1S/C16H29N3O3S2.HI/c1-2-3-4-5-6-7-10-18-16(17)19-12-14(20)13-24(21,22)15-9-8-11-23-15;/h8-9,11,14,20H,2-7,10,12-13H2,1H3,(H3,17,18,19);1H. The summed E-state index contributed by atoms with van der Waals surface area (Å²) in [6, 6.07) is 3.21. The summed E-state index contributed by atoms with van der Waals surface area (Å²) in [5.41, 5.74) is 5.72. The van der Waals surface area contributed by atoms with Gasteiger partial charge in [0.15, 0.2) is 15.8 Å². The molecule has 0 fully saturated rings. The van der Waals surface area contributed by atoms with Crippen LogP contribution in [0.1, 0.15) is 45.4 Å². The third kappa shape index (κ3) is 11.0. The number of nitrogens with two attached hydrogens (primary N) is 1. The maximum Gasteiger partial charge on any atom is 0.190 e. The molecule has 0 saturated carbocycles. The first-order valence-electron chi connectivity index (χ1n) is 8.44. The predicted octanol–water partition coefficient (Wildman–Crippen LogP) is 2.77. The Kier molecular flexibility index (Phi) is 13.6. The third-order valence-electron chi connectivity index (χ3n) is 3.52. The van der Waals surface area contributed by atoms with Crippen LogP contribution in [-0.4, -0.2) is 44.4 Å². The smallest absolute Gasteiger partial charge is 0.190 e. The number of nitrogens with zero attached hydrogens (tertiary/aromatic N) is 1. The van der Waals surface area contributed by atoms with Crippen molar-refractivity contribution in [2.45, 2.75) is 55.8 Å². The van der Waals surface area contributed by atoms with Gasteiger partial charge >= 0.3 is 0 Å². The van der Waals surface area contributed by atoms with E-state index in [-0.39, 0.29) is 46.4 Å². The van der Waals surface area contributed by atoms with Gasteiger partial charge in [0.2, 0.25) is 0 Å². The molecule has 1 heterocycles. The number of nitrogens with one attached hydrogen (secondary N) is 1. The van der Waals surface area contributed by atoms with Gasteiger partial charge in [-0.2, -0.15) is 0 Å². The molecule has 0 aromatic carbocycles. The maximum absolute atomic E-state index is 12.0. The molecule has 1 rings (SSSR count). The number of thiophene rings is 1. The van der Waals surface area contributed by atoms with Crippen LogP contribution in [-0.2, 0) is 9.84 Å². The summed E-state index contributed by atoms with van der Waals surface area (Å²) in [6.45, 7) is 2.91. The van der Waals surface area contributed by atoms with E-state index in [4.69, 9.17) is 5.73 Å². The number of aliphatic imine (C=N–C) groups is 1. The monoisotopic (exact) mass is 503 g/mol. The normalized spacial score (nSPS) is 13.3. The van der Waals surface area contributed by atoms with Crippen molar-refractivity contribution in [3.05, 3.63) is 17.5 Å². The molecule has 0 radical (unpaired) electrons. The van der Waals surface area contributed by atoms with Crippen molar-refractivity contribution in [2.75, 3.05) is 18.8 Å². The second-order valence-corrected chi connectivity index (χ2v) is 9.00. The van der Waals surface area contributed by atoms with Crippen LogP contribution in [0.25, 0.3) is 0 Å². The molecule has 0 spiro atoms. The fraction of sp³-hybridized carbons (Fsp3) is 0.688. The Bertz CT molecular complexity index is 577. The van der Waals surface area contributed by atoms with Gasteiger partial charge in [-0.15, -0.1) is 35.3 Å². The van der Waals surface area contributed by atoms with Crippen LogP contribution in [0.2, 0.25) is 0 Å². The number of aliphatic hydroxyl groups is 1. The van der Waals surface area contributed by atoms with Gasteiger partial charge in [0, 0.05) is 6.54 Å². The highest BCUT2D eigenvalue weighted by Gasteiger charge is 2.20. The van der Waals surface area contributed by atoms with Crippen LogP contribution in [0, 0.1) is 0 Å². The zero-order valence-corrected chi connectivity index (χ0v) is 18.6. The zero-order valence-electron chi connectivity index (χ0n) is 14.7. The third-order valence-corrected chi connectivity index (χ3v) is 6.81. The van der Waals surface area contributed by atoms with E-state index in [1.807, 2.05) is 0 Å². The number of unbranched alkanes of at least 4 members (excludes halogenated alkanes) is 5. The van der Waals surface area contributed by atoms with Gasteiger partial charge < -0.3 is 16.2 Å². The lowest BCUT2D eigenvalue weighted by Crippen LogP contribution is -2.34. The number of rotatable bonds is 12. The fourth-order valence-electron chi connectivity index (χ4n) is 2.21. The molecule has 1 aromatic rings. The minimum atomic E-state index is -3.46. The van der Waals surface area contributed by atoms with Gasteiger partial charge in [-0.25, -0.2) is 8.42 Å². The SMILES string of the molecule is CCCCCCCCNC(N)=NCC(O)CS(=O)(=O)c1cccs1.I. The lowest BCUT2D eigenvalue weighted by atomic mass is 10.1. The van der Waals surface area contributed by atoms with Crippen LogP contribution in [0.5, 0.6) is 0 Å². The highest BCUT2D eigenvalue weighted by Crippen LogP contribution is 2.18. The summed E-state index contributed by atoms with van der Waals surface area (Å²) in [7, 11) is -3.46. The number of hydrogen-bond acceptors (Lipinski definition) is 5. The Morgan fingerprint density at radius 3 is 2.64 bits per heavy atom. The van der Waals surface area contributed by atoms with Crippen molar-refractivity contribution in [1.29, 1.82) is 0 Å². The topological polar surface area (TPSA) is 105 Å². The predicted molar refractivity (Wildman–Crippen MR) is 116 cm³/mol. The van der Waals surface area contributed by atoms with Crippen LogP contribution in [0.15, 0.2) is 26.7 Å². The van der Waals surface area contributed by atoms with E-state index in [1.165, 1.54) is 31.7 Å². The molecule has 6 nitrogen and oxygen atoms in total. The van der Waals surface area contributed by atoms with E-state index in [2.05, 4.69) is 17.2 Å². The maximum atomic E-state index is 12.0. The van der Waals surface area contributed by atoms with Crippen molar-refractivity contribution in [1.82, 2.24) is 5.32 Å². The molecule has 0 bridgehead atoms. The average molecular weight is 503 g/mol. The van der Waals surface area contributed by atoms with Crippen molar-refractivity contribution in [2.24, 2.45) is 10.7 Å². The molecular weight excluding hydrogens is 473 g/mol. The Labute approximate surface area is 172 Å². The molecule has 1 unspecified atom stereocenters. The van der Waals surface area contributed by atoms with Gasteiger partial charge in [-0.3, -0.25) is 4.99 Å². The summed E-state index contributed by atoms with van der Waals surface area (Å²) in [4.78, 5) is 4.01. The molecule has 1 atom stereocenters. The highest BCUT2D eigenvalue weighted by molar-refractivity contribution is 14.0. The Balaban J connectivity index is 0.00000576. The Morgan fingerprint density at radius 2 is 2.00 bits per heavy atom. The molecular formula is C16H30IN3O3S2. The summed E-state index contributed by atoms with van der Waals surface area (Å²) in [5.74, 6) is -0.0991. The van der Waals surface area contributed by atoms with E-state index >= 15 is 0 Å². The molecule has 9 heteroatoms. The number of hydrogen-bond donors (Lipinski definition) is 3. The van der Waals surface area contributed by atoms with Crippen LogP contribution >= 0.6 is 35.3 Å². The quantitative estimate of drug-likeness (QED) is 0.176. The van der Waals surface area contributed by atoms with Gasteiger partial charge in [0.1, 0.15) is 4.21 Å². The number of halogens is 1. The molecule has 0 aliphatic heterocycles. The first-order valence-corrected chi connectivity index (χ1v) is 11.0. The number of guanidine groups is 1. The van der Waals surface area contributed by atoms with Crippen LogP contribution < -0.4 is 11.1 Å². The fourth-order valence-corrected chi connectivity index (χ4v) is 4.68. The summed E-state index contributed by atoms with van der Waals surface area (Å²) < 4.78 is 24.3. The van der Waals surface area contributed by atoms with Crippen molar-refractivity contribution in [3.8, 4) is 0 Å². The second-order valence-electron chi connectivity index (χ2n) is 5.79. The van der Waals surface area contributed by atoms with E-state index < -0.39 is 15.9 Å². The lowest BCUT2D eigenvalue weighted by molar-refractivity contribution is 0.206. The van der Waals surface area contributed by atoms with Crippen LogP contribution in [0.3, 0.4) is 0 Å². The summed E-state index contributed by atoms with van der Waals surface area (Å²) in [5, 5.41) is 14.5. The summed E-state index contributed by atoms with van der Waals surface area (Å²) >= 11 is 1.14. The van der Waals surface area contributed by atoms with E-state index in [1.54, 1.807) is 11.4 Å². The molecule has 0 aliphatic rings. The molecule has 25 heavy (non-hydrogen) atoms. The number of sulfone groups is 1. The molecule has 4 N–H and O–H groups in total. The van der Waals surface area contributed by atoms with E-state index in [9.17, 15) is 13.5 Å². The molecule has 0 amide bonds. The Morgan fingerprint density at radius 1 is 1.32 bits per heavy atom. The van der Waals surface area contributed by atoms with Crippen LogP contribution in [0.4, 0.5) is 0 Å². The minimum Gasteiger partial charge on any atom is -0.390 e. The lowest BCUT2D eigenvalue weighted by Gasteiger charge is -2.09. The zero-order chi connectivity index (χ0) is 17.8. The molecule has 0 aliphatic carbocycles. The molecule has 1 aromatic heterocycles. The van der Waals surface area contributed by atoms with Crippen molar-refractivity contribution < 1.29 is 13.5 Å². The van der Waals surface area contributed by atoms with Crippen molar-refractivity contribution >= 4 is 51.1 Å². The van der Waals surface area contributed by atoms with Gasteiger partial charge in [-0.1, -0.05) is 45.1 Å². The van der Waals surface area contributed by atoms with Gasteiger partial charge in [0.25, 0.3) is 0 Å². The van der Waals surface area contributed by atoms with E-state index in [0.29, 0.717) is 0 Å². The van der Waals surface area contributed by atoms with Crippen molar-refractivity contribution in [3.63, 3.8) is 0 Å². The largest absolute Gasteiger partial charge is 0.390 e. The first kappa shape index (κ1) is 24.6. The van der Waals surface area contributed by atoms with Gasteiger partial charge in [-0.05, 0) is 17.9 Å². The Hall–Kier alpha value is -0.390. The highest BCUT2D eigenvalue weighted by atomic mass is 127. The molecule has 0 saturated heterocycles. The first-order chi connectivity index (χ1) is 11.5. The number of aliphatic hydroxyl groups excluding tert-OH is 1. The minimum absolute atomic E-state index is 0.